The van der Waals surface area contributed by atoms with E-state index in [1.807, 2.05) is 0 Å². The molecule has 0 aromatic heterocycles. The van der Waals surface area contributed by atoms with E-state index in [2.05, 4.69) is 0 Å². The Balaban J connectivity index is 2.76. The number of hydrogen-bond donors (Lipinski definition) is 3. The van der Waals surface area contributed by atoms with Crippen LogP contribution in [0.15, 0.2) is 0 Å². The maximum atomic E-state index is 11.0. The van der Waals surface area contributed by atoms with Gasteiger partial charge in [0.15, 0.2) is 0 Å². The van der Waals surface area contributed by atoms with Gasteiger partial charge >= 0.3 is 17.9 Å². The van der Waals surface area contributed by atoms with Crippen molar-refractivity contribution in [3.05, 3.63) is 0 Å². The molecule has 3 N–H and O–H groups in total. The minimum Gasteiger partial charge on any atom is -0.480 e. The molecular formula is C10H14O8. The molecule has 1 fully saturated rings. The third-order valence-electron chi connectivity index (χ3n) is 2.83. The molecule has 0 aromatic rings. The van der Waals surface area contributed by atoms with E-state index in [1.54, 1.807) is 0 Å². The molecule has 1 saturated heterocycles. The van der Waals surface area contributed by atoms with Crippen LogP contribution in [-0.2, 0) is 23.9 Å². The van der Waals surface area contributed by atoms with Crippen molar-refractivity contribution < 1.29 is 39.2 Å². The fraction of sp³-hybridized carbons (Fsp3) is 0.700. The van der Waals surface area contributed by atoms with Crippen LogP contribution in [0.4, 0.5) is 0 Å². The molecule has 1 heterocycles. The quantitative estimate of drug-likeness (QED) is 0.385. The topological polar surface area (TPSA) is 134 Å². The maximum absolute atomic E-state index is 11.0. The van der Waals surface area contributed by atoms with E-state index in [-0.39, 0.29) is 19.3 Å². The Kier molecular flexibility index (Phi) is 4.25. The van der Waals surface area contributed by atoms with Gasteiger partial charge in [-0.3, -0.25) is 14.4 Å². The summed E-state index contributed by atoms with van der Waals surface area (Å²) in [7, 11) is 0. The predicted molar refractivity (Wildman–Crippen MR) is 55.1 cm³/mol. The van der Waals surface area contributed by atoms with Crippen LogP contribution in [0.1, 0.15) is 6.92 Å². The van der Waals surface area contributed by atoms with Crippen LogP contribution in [0.3, 0.4) is 0 Å². The zero-order valence-corrected chi connectivity index (χ0v) is 9.66. The molecular weight excluding hydrogens is 248 g/mol. The van der Waals surface area contributed by atoms with E-state index in [0.717, 1.165) is 0 Å². The number of hydrogen-bond acceptors (Lipinski definition) is 5. The van der Waals surface area contributed by atoms with Gasteiger partial charge in [0.1, 0.15) is 6.10 Å². The lowest BCUT2D eigenvalue weighted by atomic mass is 9.76. The molecule has 18 heavy (non-hydrogen) atoms. The Labute approximate surface area is 102 Å². The molecule has 0 bridgehead atoms. The number of carbonyl (C=O) groups is 3. The second-order valence-corrected chi connectivity index (χ2v) is 4.12. The summed E-state index contributed by atoms with van der Waals surface area (Å²) in [5.74, 6) is -6.97. The lowest BCUT2D eigenvalue weighted by Crippen LogP contribution is -2.52. The average Bonchev–Trinajstić information content (AvgIpc) is 3.00. The van der Waals surface area contributed by atoms with Crippen molar-refractivity contribution in [3.8, 4) is 0 Å². The van der Waals surface area contributed by atoms with Crippen molar-refractivity contribution in [2.24, 2.45) is 11.3 Å². The number of aliphatic carboxylic acids is 3. The lowest BCUT2D eigenvalue weighted by molar-refractivity contribution is -0.181. The van der Waals surface area contributed by atoms with Crippen LogP contribution in [0, 0.1) is 11.3 Å². The first-order chi connectivity index (χ1) is 8.33. The van der Waals surface area contributed by atoms with Crippen molar-refractivity contribution in [2.75, 3.05) is 19.8 Å². The number of carboxylic acids is 3. The molecule has 8 nitrogen and oxygen atoms in total. The standard InChI is InChI=1S/C10H14O8/c1-5(2-17-3-6-4-18-6)10(7(11)12,8(13)14)9(15)16/h5-6H,2-4H2,1H3,(H,11,12)(H,13,14)(H,15,16). The van der Waals surface area contributed by atoms with Crippen molar-refractivity contribution in [3.63, 3.8) is 0 Å². The SMILES string of the molecule is CC(COCC1CO1)C(C(=O)O)(C(=O)O)C(=O)O. The van der Waals surface area contributed by atoms with Crippen LogP contribution < -0.4 is 0 Å². The number of ether oxygens (including phenoxy) is 2. The van der Waals surface area contributed by atoms with Crippen molar-refractivity contribution in [1.29, 1.82) is 0 Å². The van der Waals surface area contributed by atoms with E-state index in [9.17, 15) is 14.4 Å². The highest BCUT2D eigenvalue weighted by molar-refractivity contribution is 6.16. The van der Waals surface area contributed by atoms with Gasteiger partial charge in [0.2, 0.25) is 0 Å². The summed E-state index contributed by atoms with van der Waals surface area (Å²) in [4.78, 5) is 33.0. The summed E-state index contributed by atoms with van der Waals surface area (Å²) in [6, 6.07) is 0. The summed E-state index contributed by atoms with van der Waals surface area (Å²) in [6.07, 6.45) is -0.0638. The number of epoxide rings is 1. The van der Waals surface area contributed by atoms with Gasteiger partial charge in [-0.1, -0.05) is 6.92 Å². The minimum absolute atomic E-state index is 0.0638. The predicted octanol–water partition coefficient (Wildman–Crippen LogP) is -0.722. The van der Waals surface area contributed by atoms with Gasteiger partial charge in [-0.25, -0.2) is 0 Å². The summed E-state index contributed by atoms with van der Waals surface area (Å²) < 4.78 is 9.91. The normalized spacial score (nSPS) is 20.2. The highest BCUT2D eigenvalue weighted by Gasteiger charge is 2.58. The highest BCUT2D eigenvalue weighted by atomic mass is 16.6. The van der Waals surface area contributed by atoms with E-state index in [0.29, 0.717) is 6.61 Å². The van der Waals surface area contributed by atoms with Crippen LogP contribution in [0.5, 0.6) is 0 Å². The molecule has 8 heteroatoms. The first-order valence-electron chi connectivity index (χ1n) is 5.23. The van der Waals surface area contributed by atoms with E-state index >= 15 is 0 Å². The van der Waals surface area contributed by atoms with Crippen LogP contribution in [-0.4, -0.2) is 59.2 Å². The van der Waals surface area contributed by atoms with Crippen LogP contribution in [0.2, 0.25) is 0 Å². The zero-order valence-electron chi connectivity index (χ0n) is 9.66. The molecule has 2 unspecified atom stereocenters. The molecule has 1 aliphatic heterocycles. The molecule has 0 spiro atoms. The molecule has 1 rings (SSSR count). The Morgan fingerprint density at radius 3 is 2.06 bits per heavy atom. The second kappa shape index (κ2) is 5.32. The molecule has 1 aliphatic rings. The van der Waals surface area contributed by atoms with Gasteiger partial charge in [-0.05, 0) is 0 Å². The zero-order chi connectivity index (χ0) is 13.9. The third-order valence-corrected chi connectivity index (χ3v) is 2.83. The smallest absolute Gasteiger partial charge is 0.333 e. The van der Waals surface area contributed by atoms with Crippen molar-refractivity contribution in [1.82, 2.24) is 0 Å². The third kappa shape index (κ3) is 2.59. The average molecular weight is 262 g/mol. The highest BCUT2D eigenvalue weighted by Crippen LogP contribution is 2.30. The molecule has 2 atom stereocenters. The minimum atomic E-state index is -2.90. The van der Waals surface area contributed by atoms with Gasteiger partial charge < -0.3 is 24.8 Å². The maximum Gasteiger partial charge on any atom is 0.333 e. The molecule has 0 amide bonds. The number of rotatable bonds is 8. The van der Waals surface area contributed by atoms with Crippen molar-refractivity contribution >= 4 is 17.9 Å². The first kappa shape index (κ1) is 14.4. The fourth-order valence-electron chi connectivity index (χ4n) is 1.57. The fourth-order valence-corrected chi connectivity index (χ4v) is 1.57. The summed E-state index contributed by atoms with van der Waals surface area (Å²) in [5.41, 5.74) is -2.90. The Hall–Kier alpha value is -1.67. The Morgan fingerprint density at radius 2 is 1.72 bits per heavy atom. The van der Waals surface area contributed by atoms with E-state index in [1.165, 1.54) is 6.92 Å². The van der Waals surface area contributed by atoms with Gasteiger partial charge in [0, 0.05) is 5.92 Å². The van der Waals surface area contributed by atoms with Gasteiger partial charge in [-0.2, -0.15) is 0 Å². The Morgan fingerprint density at radius 1 is 1.28 bits per heavy atom. The second-order valence-electron chi connectivity index (χ2n) is 4.12. The van der Waals surface area contributed by atoms with E-state index in [4.69, 9.17) is 24.8 Å². The molecule has 0 aromatic carbocycles. The monoisotopic (exact) mass is 262 g/mol. The Bertz CT molecular complexity index is 323. The largest absolute Gasteiger partial charge is 0.480 e. The molecule has 0 saturated carbocycles. The molecule has 102 valence electrons. The molecule has 0 aliphatic carbocycles. The summed E-state index contributed by atoms with van der Waals surface area (Å²) in [6.45, 7) is 1.66. The van der Waals surface area contributed by atoms with E-state index < -0.39 is 29.2 Å². The lowest BCUT2D eigenvalue weighted by Gasteiger charge is -2.26. The number of carboxylic acid groups (broad SMARTS) is 3. The van der Waals surface area contributed by atoms with Crippen molar-refractivity contribution in [2.45, 2.75) is 13.0 Å². The van der Waals surface area contributed by atoms with Crippen LogP contribution in [0.25, 0.3) is 0 Å². The summed E-state index contributed by atoms with van der Waals surface area (Å²) in [5, 5.41) is 26.7. The van der Waals surface area contributed by atoms with Crippen LogP contribution >= 0.6 is 0 Å². The van der Waals surface area contributed by atoms with Gasteiger partial charge in [0.25, 0.3) is 5.41 Å². The first-order valence-corrected chi connectivity index (χ1v) is 5.23. The van der Waals surface area contributed by atoms with Gasteiger partial charge in [0.05, 0.1) is 19.8 Å². The summed E-state index contributed by atoms with van der Waals surface area (Å²) >= 11 is 0. The molecule has 0 radical (unpaired) electrons. The van der Waals surface area contributed by atoms with Gasteiger partial charge in [-0.15, -0.1) is 0 Å².